The molecule has 0 aliphatic carbocycles. The van der Waals surface area contributed by atoms with Crippen LogP contribution in [-0.2, 0) is 9.53 Å². The molecule has 2 aliphatic heterocycles. The number of nitrogens with zero attached hydrogens (tertiary/aromatic N) is 3. The summed E-state index contributed by atoms with van der Waals surface area (Å²) < 4.78 is 5.22. The smallest absolute Gasteiger partial charge is 0.229 e. The highest BCUT2D eigenvalue weighted by Crippen LogP contribution is 2.21. The summed E-state index contributed by atoms with van der Waals surface area (Å²) >= 11 is 0. The quantitative estimate of drug-likeness (QED) is 0.522. The molecule has 2 fully saturated rings. The number of amides is 1. The Hall–Kier alpha value is -2.12. The highest BCUT2D eigenvalue weighted by molar-refractivity contribution is 5.97. The first-order valence-corrected chi connectivity index (χ1v) is 10.3. The Kier molecular flexibility index (Phi) is 7.68. The van der Waals surface area contributed by atoms with Crippen molar-refractivity contribution in [1.29, 1.82) is 0 Å². The van der Waals surface area contributed by atoms with Crippen LogP contribution >= 0.6 is 0 Å². The van der Waals surface area contributed by atoms with E-state index < -0.39 is 0 Å². The van der Waals surface area contributed by atoms with Crippen molar-refractivity contribution in [1.82, 2.24) is 15.5 Å². The molecule has 2 N–H and O–H groups in total. The van der Waals surface area contributed by atoms with E-state index in [-0.39, 0.29) is 11.9 Å². The van der Waals surface area contributed by atoms with E-state index in [2.05, 4.69) is 22.5 Å². The minimum atomic E-state index is 0.0682. The summed E-state index contributed by atoms with van der Waals surface area (Å²) in [6.45, 7) is 7.14. The molecule has 2 heterocycles. The van der Waals surface area contributed by atoms with Gasteiger partial charge in [-0.1, -0.05) is 18.2 Å². The number of guanidine groups is 1. The number of rotatable bonds is 8. The Morgan fingerprint density at radius 2 is 2.14 bits per heavy atom. The average Bonchev–Trinajstić information content (AvgIpc) is 3.31. The number of benzene rings is 1. The lowest BCUT2D eigenvalue weighted by molar-refractivity contribution is -0.117. The van der Waals surface area contributed by atoms with Gasteiger partial charge >= 0.3 is 0 Å². The van der Waals surface area contributed by atoms with Crippen LogP contribution in [0.3, 0.4) is 0 Å². The second-order valence-corrected chi connectivity index (χ2v) is 7.43. The maximum Gasteiger partial charge on any atom is 0.229 e. The molecule has 3 rings (SSSR count). The molecule has 28 heavy (non-hydrogen) atoms. The molecule has 0 bridgehead atoms. The second-order valence-electron chi connectivity index (χ2n) is 7.43. The molecular formula is C21H33N5O2. The summed E-state index contributed by atoms with van der Waals surface area (Å²) in [6.07, 6.45) is 2.88. The number of hydrogen-bond donors (Lipinski definition) is 2. The third-order valence-electron chi connectivity index (χ3n) is 5.42. The minimum absolute atomic E-state index is 0.0682. The van der Waals surface area contributed by atoms with Crippen molar-refractivity contribution in [3.05, 3.63) is 30.3 Å². The van der Waals surface area contributed by atoms with Crippen molar-refractivity contribution in [2.45, 2.75) is 38.3 Å². The number of methoxy groups -OCH3 is 1. The van der Waals surface area contributed by atoms with Gasteiger partial charge in [-0.05, 0) is 38.4 Å². The fourth-order valence-corrected chi connectivity index (χ4v) is 3.98. The molecule has 1 amide bonds. The van der Waals surface area contributed by atoms with E-state index in [1.165, 1.54) is 12.8 Å². The predicted molar refractivity (Wildman–Crippen MR) is 113 cm³/mol. The lowest BCUT2D eigenvalue weighted by Crippen LogP contribution is -2.45. The lowest BCUT2D eigenvalue weighted by Gasteiger charge is -2.23. The minimum Gasteiger partial charge on any atom is -0.383 e. The molecule has 2 saturated heterocycles. The van der Waals surface area contributed by atoms with Crippen LogP contribution in [0, 0.1) is 0 Å². The van der Waals surface area contributed by atoms with E-state index >= 15 is 0 Å². The fourth-order valence-electron chi connectivity index (χ4n) is 3.98. The number of hydrogen-bond acceptors (Lipinski definition) is 4. The summed E-state index contributed by atoms with van der Waals surface area (Å²) in [6, 6.07) is 10.4. The summed E-state index contributed by atoms with van der Waals surface area (Å²) in [7, 11) is 1.75. The molecule has 0 aromatic heterocycles. The largest absolute Gasteiger partial charge is 0.383 e. The number of nitrogens with one attached hydrogen (secondary N) is 2. The van der Waals surface area contributed by atoms with Crippen molar-refractivity contribution in [3.8, 4) is 0 Å². The van der Waals surface area contributed by atoms with Crippen LogP contribution in [-0.4, -0.2) is 75.3 Å². The zero-order valence-electron chi connectivity index (χ0n) is 17.1. The molecule has 2 unspecified atom stereocenters. The highest BCUT2D eigenvalue weighted by atomic mass is 16.5. The number of likely N-dealkylation sites (tertiary alicyclic amines) is 1. The third kappa shape index (κ3) is 5.45. The Morgan fingerprint density at radius 3 is 2.89 bits per heavy atom. The summed E-state index contributed by atoms with van der Waals surface area (Å²) in [5.74, 6) is 0.954. The van der Waals surface area contributed by atoms with E-state index in [9.17, 15) is 4.79 Å². The third-order valence-corrected chi connectivity index (χ3v) is 5.42. The Balaban J connectivity index is 1.57. The SMILES string of the molecule is CCNC(=NCC1CCCN1CCOC)NC1CC(=O)N(c2ccccc2)C1. The van der Waals surface area contributed by atoms with Gasteiger partial charge in [0.2, 0.25) is 5.91 Å². The van der Waals surface area contributed by atoms with Crippen molar-refractivity contribution in [2.24, 2.45) is 4.99 Å². The monoisotopic (exact) mass is 387 g/mol. The molecule has 7 nitrogen and oxygen atoms in total. The molecule has 1 aromatic rings. The normalized spacial score (nSPS) is 23.4. The van der Waals surface area contributed by atoms with Gasteiger partial charge in [-0.25, -0.2) is 0 Å². The number of carbonyl (C=O) groups is 1. The van der Waals surface area contributed by atoms with Crippen molar-refractivity contribution < 1.29 is 9.53 Å². The van der Waals surface area contributed by atoms with Gasteiger partial charge in [0.1, 0.15) is 0 Å². The number of aliphatic imine (C=N–C) groups is 1. The van der Waals surface area contributed by atoms with Gasteiger partial charge in [0.15, 0.2) is 5.96 Å². The van der Waals surface area contributed by atoms with E-state index in [1.807, 2.05) is 35.2 Å². The molecule has 2 atom stereocenters. The number of ether oxygens (including phenoxy) is 1. The Labute approximate surface area is 168 Å². The van der Waals surface area contributed by atoms with Crippen LogP contribution in [0.2, 0.25) is 0 Å². The van der Waals surface area contributed by atoms with Gasteiger partial charge in [0, 0.05) is 44.9 Å². The maximum atomic E-state index is 12.4. The Bertz CT molecular complexity index is 651. The van der Waals surface area contributed by atoms with Crippen LogP contribution in [0.25, 0.3) is 0 Å². The van der Waals surface area contributed by atoms with Crippen molar-refractivity contribution >= 4 is 17.6 Å². The first-order chi connectivity index (χ1) is 13.7. The fraction of sp³-hybridized carbons (Fsp3) is 0.619. The molecule has 154 valence electrons. The van der Waals surface area contributed by atoms with Gasteiger partial charge in [0.05, 0.1) is 19.2 Å². The van der Waals surface area contributed by atoms with Gasteiger partial charge in [-0.2, -0.15) is 0 Å². The van der Waals surface area contributed by atoms with E-state index in [1.54, 1.807) is 7.11 Å². The molecule has 2 aliphatic rings. The van der Waals surface area contributed by atoms with Gasteiger partial charge in [-0.3, -0.25) is 14.7 Å². The maximum absolute atomic E-state index is 12.4. The van der Waals surface area contributed by atoms with Gasteiger partial charge in [-0.15, -0.1) is 0 Å². The van der Waals surface area contributed by atoms with Crippen molar-refractivity contribution in [2.75, 3.05) is 51.3 Å². The molecule has 7 heteroatoms. The van der Waals surface area contributed by atoms with E-state index in [0.717, 1.165) is 44.4 Å². The topological polar surface area (TPSA) is 69.2 Å². The highest BCUT2D eigenvalue weighted by Gasteiger charge is 2.31. The van der Waals surface area contributed by atoms with Gasteiger partial charge in [0.25, 0.3) is 0 Å². The molecule has 1 aromatic carbocycles. The molecule has 0 spiro atoms. The first kappa shape index (κ1) is 20.6. The van der Waals surface area contributed by atoms with Crippen LogP contribution in [0.4, 0.5) is 5.69 Å². The van der Waals surface area contributed by atoms with Crippen LogP contribution in [0.5, 0.6) is 0 Å². The molecular weight excluding hydrogens is 354 g/mol. The lowest BCUT2D eigenvalue weighted by atomic mass is 10.2. The molecule has 0 saturated carbocycles. The van der Waals surface area contributed by atoms with Crippen LogP contribution in [0.1, 0.15) is 26.2 Å². The van der Waals surface area contributed by atoms with Crippen molar-refractivity contribution in [3.63, 3.8) is 0 Å². The Morgan fingerprint density at radius 1 is 1.32 bits per heavy atom. The summed E-state index contributed by atoms with van der Waals surface area (Å²) in [4.78, 5) is 21.6. The van der Waals surface area contributed by atoms with E-state index in [4.69, 9.17) is 9.73 Å². The zero-order chi connectivity index (χ0) is 19.8. The standard InChI is InChI=1S/C21H33N5O2/c1-3-22-21(23-15-19-10-7-11-25(19)12-13-28-2)24-17-14-20(27)26(16-17)18-8-5-4-6-9-18/h4-6,8-9,17,19H,3,7,10-16H2,1-2H3,(H2,22,23,24). The molecule has 0 radical (unpaired) electrons. The predicted octanol–water partition coefficient (Wildman–Crippen LogP) is 1.46. The van der Waals surface area contributed by atoms with Gasteiger partial charge < -0.3 is 20.3 Å². The number of para-hydroxylation sites is 1. The summed E-state index contributed by atoms with van der Waals surface area (Å²) in [5.41, 5.74) is 0.957. The second kappa shape index (κ2) is 10.4. The summed E-state index contributed by atoms with van der Waals surface area (Å²) in [5, 5.41) is 6.79. The first-order valence-electron chi connectivity index (χ1n) is 10.3. The number of carbonyl (C=O) groups excluding carboxylic acids is 1. The van der Waals surface area contributed by atoms with Crippen LogP contribution in [0.15, 0.2) is 35.3 Å². The number of anilines is 1. The average molecular weight is 388 g/mol. The van der Waals surface area contributed by atoms with Crippen LogP contribution < -0.4 is 15.5 Å². The zero-order valence-corrected chi connectivity index (χ0v) is 17.1. The van der Waals surface area contributed by atoms with E-state index in [0.29, 0.717) is 19.0 Å².